The fourth-order valence-corrected chi connectivity index (χ4v) is 2.08. The average Bonchev–Trinajstić information content (AvgIpc) is 3.08. The van der Waals surface area contributed by atoms with Crippen LogP contribution >= 0.6 is 0 Å². The van der Waals surface area contributed by atoms with Gasteiger partial charge in [0.05, 0.1) is 20.1 Å². The van der Waals surface area contributed by atoms with Crippen molar-refractivity contribution in [3.05, 3.63) is 23.5 Å². The van der Waals surface area contributed by atoms with Gasteiger partial charge in [-0.05, 0) is 18.6 Å². The van der Waals surface area contributed by atoms with Crippen LogP contribution in [0.3, 0.4) is 0 Å². The Balaban J connectivity index is 2.44. The van der Waals surface area contributed by atoms with Gasteiger partial charge in [-0.15, -0.1) is 0 Å². The summed E-state index contributed by atoms with van der Waals surface area (Å²) in [6, 6.07) is 2.74. The zero-order valence-corrected chi connectivity index (χ0v) is 9.57. The number of ether oxygens (including phenoxy) is 2. The predicted molar refractivity (Wildman–Crippen MR) is 58.0 cm³/mol. The normalized spacial score (nSPS) is 22.1. The molecule has 2 atom stereocenters. The van der Waals surface area contributed by atoms with Crippen LogP contribution in [-0.4, -0.2) is 25.3 Å². The second kappa shape index (κ2) is 4.24. The molecule has 0 heterocycles. The molecule has 2 rings (SSSR count). The summed E-state index contributed by atoms with van der Waals surface area (Å²) in [5, 5.41) is 8.91. The van der Waals surface area contributed by atoms with E-state index in [0.29, 0.717) is 17.7 Å². The number of carboxylic acids is 1. The topological polar surface area (TPSA) is 55.8 Å². The van der Waals surface area contributed by atoms with Crippen LogP contribution in [0.4, 0.5) is 4.39 Å². The number of benzene rings is 1. The van der Waals surface area contributed by atoms with Crippen molar-refractivity contribution in [2.24, 2.45) is 5.92 Å². The molecule has 17 heavy (non-hydrogen) atoms. The molecule has 1 N–H and O–H groups in total. The zero-order chi connectivity index (χ0) is 12.6. The van der Waals surface area contributed by atoms with Gasteiger partial charge in [0.15, 0.2) is 11.6 Å². The summed E-state index contributed by atoms with van der Waals surface area (Å²) < 4.78 is 23.7. The largest absolute Gasteiger partial charge is 0.496 e. The third-order valence-corrected chi connectivity index (χ3v) is 3.01. The molecular weight excluding hydrogens is 227 g/mol. The minimum absolute atomic E-state index is 0.0816. The first-order valence-electron chi connectivity index (χ1n) is 5.23. The monoisotopic (exact) mass is 240 g/mol. The lowest BCUT2D eigenvalue weighted by atomic mass is 10.1. The van der Waals surface area contributed by atoms with Crippen molar-refractivity contribution in [2.75, 3.05) is 14.2 Å². The number of methoxy groups -OCH3 is 2. The van der Waals surface area contributed by atoms with Crippen LogP contribution in [0, 0.1) is 11.7 Å². The fourth-order valence-electron chi connectivity index (χ4n) is 2.08. The molecule has 0 bridgehead atoms. The lowest BCUT2D eigenvalue weighted by Crippen LogP contribution is -2.03. The highest BCUT2D eigenvalue weighted by Gasteiger charge is 2.47. The molecule has 0 amide bonds. The van der Waals surface area contributed by atoms with Gasteiger partial charge in [0, 0.05) is 11.5 Å². The van der Waals surface area contributed by atoms with Gasteiger partial charge in [-0.1, -0.05) is 0 Å². The lowest BCUT2D eigenvalue weighted by molar-refractivity contribution is -0.138. The SMILES string of the molecule is COc1ccc(F)c(OC)c1[C@@H]1C[C@H]1C(=O)O. The van der Waals surface area contributed by atoms with Crippen molar-refractivity contribution in [3.8, 4) is 11.5 Å². The van der Waals surface area contributed by atoms with E-state index < -0.39 is 17.7 Å². The number of hydrogen-bond acceptors (Lipinski definition) is 3. The average molecular weight is 240 g/mol. The Morgan fingerprint density at radius 3 is 2.59 bits per heavy atom. The van der Waals surface area contributed by atoms with E-state index in [4.69, 9.17) is 14.6 Å². The molecule has 0 aliphatic heterocycles. The van der Waals surface area contributed by atoms with E-state index in [1.54, 1.807) is 0 Å². The van der Waals surface area contributed by atoms with Gasteiger partial charge in [0.2, 0.25) is 0 Å². The minimum atomic E-state index is -0.872. The van der Waals surface area contributed by atoms with Crippen molar-refractivity contribution in [1.82, 2.24) is 0 Å². The molecule has 1 fully saturated rings. The van der Waals surface area contributed by atoms with Gasteiger partial charge in [0.1, 0.15) is 5.75 Å². The van der Waals surface area contributed by atoms with Crippen LogP contribution in [0.5, 0.6) is 11.5 Å². The molecule has 0 saturated heterocycles. The zero-order valence-electron chi connectivity index (χ0n) is 9.57. The highest BCUT2D eigenvalue weighted by Crippen LogP contribution is 2.54. The van der Waals surface area contributed by atoms with Crippen molar-refractivity contribution in [2.45, 2.75) is 12.3 Å². The number of hydrogen-bond donors (Lipinski definition) is 1. The molecule has 0 spiro atoms. The highest BCUT2D eigenvalue weighted by molar-refractivity contribution is 5.76. The molecule has 1 aliphatic carbocycles. The molecule has 0 aromatic heterocycles. The Bertz CT molecular complexity index is 458. The van der Waals surface area contributed by atoms with E-state index in [1.165, 1.54) is 26.4 Å². The molecule has 92 valence electrons. The van der Waals surface area contributed by atoms with Crippen LogP contribution in [0.1, 0.15) is 17.9 Å². The quantitative estimate of drug-likeness (QED) is 0.874. The van der Waals surface area contributed by atoms with Crippen LogP contribution < -0.4 is 9.47 Å². The predicted octanol–water partition coefficient (Wildman–Crippen LogP) is 2.03. The number of rotatable bonds is 4. The van der Waals surface area contributed by atoms with Crippen molar-refractivity contribution in [1.29, 1.82) is 0 Å². The van der Waals surface area contributed by atoms with Crippen LogP contribution in [0.25, 0.3) is 0 Å². The van der Waals surface area contributed by atoms with Gasteiger partial charge < -0.3 is 14.6 Å². The van der Waals surface area contributed by atoms with E-state index >= 15 is 0 Å². The maximum Gasteiger partial charge on any atom is 0.307 e. The maximum absolute atomic E-state index is 13.6. The van der Waals surface area contributed by atoms with Gasteiger partial charge in [-0.2, -0.15) is 0 Å². The number of halogens is 1. The molecular formula is C12H13FO4. The molecule has 4 nitrogen and oxygen atoms in total. The number of aliphatic carboxylic acids is 1. The van der Waals surface area contributed by atoms with Gasteiger partial charge >= 0.3 is 5.97 Å². The molecule has 5 heteroatoms. The Kier molecular flexibility index (Phi) is 2.92. The van der Waals surface area contributed by atoms with Crippen molar-refractivity contribution < 1.29 is 23.8 Å². The summed E-state index contributed by atoms with van der Waals surface area (Å²) in [6.45, 7) is 0. The number of carboxylic acid groups (broad SMARTS) is 1. The molecule has 1 aromatic rings. The fraction of sp³-hybridized carbons (Fsp3) is 0.417. The third kappa shape index (κ3) is 1.92. The minimum Gasteiger partial charge on any atom is -0.496 e. The first-order valence-corrected chi connectivity index (χ1v) is 5.23. The van der Waals surface area contributed by atoms with Crippen LogP contribution in [-0.2, 0) is 4.79 Å². The molecule has 0 radical (unpaired) electrons. The second-order valence-electron chi connectivity index (χ2n) is 3.98. The van der Waals surface area contributed by atoms with Crippen LogP contribution in [0.2, 0.25) is 0 Å². The summed E-state index contributed by atoms with van der Waals surface area (Å²) in [5.74, 6) is -1.52. The van der Waals surface area contributed by atoms with Gasteiger partial charge in [-0.25, -0.2) is 4.39 Å². The third-order valence-electron chi connectivity index (χ3n) is 3.01. The summed E-state index contributed by atoms with van der Waals surface area (Å²) in [7, 11) is 2.83. The van der Waals surface area contributed by atoms with Gasteiger partial charge in [0.25, 0.3) is 0 Å². The Hall–Kier alpha value is -1.78. The summed E-state index contributed by atoms with van der Waals surface area (Å²) in [4.78, 5) is 10.9. The Morgan fingerprint density at radius 1 is 1.41 bits per heavy atom. The second-order valence-corrected chi connectivity index (χ2v) is 3.98. The Labute approximate surface area is 98.0 Å². The summed E-state index contributed by atoms with van der Waals surface area (Å²) in [5.41, 5.74) is 0.516. The van der Waals surface area contributed by atoms with Crippen molar-refractivity contribution in [3.63, 3.8) is 0 Å². The first kappa shape index (κ1) is 11.7. The van der Waals surface area contributed by atoms with Crippen LogP contribution in [0.15, 0.2) is 12.1 Å². The summed E-state index contributed by atoms with van der Waals surface area (Å²) in [6.07, 6.45) is 0.492. The first-order chi connectivity index (χ1) is 8.10. The van der Waals surface area contributed by atoms with E-state index in [2.05, 4.69) is 0 Å². The highest BCUT2D eigenvalue weighted by atomic mass is 19.1. The number of carbonyl (C=O) groups is 1. The molecule has 1 aliphatic rings. The lowest BCUT2D eigenvalue weighted by Gasteiger charge is -2.13. The van der Waals surface area contributed by atoms with E-state index in [9.17, 15) is 9.18 Å². The Morgan fingerprint density at radius 2 is 2.12 bits per heavy atom. The standard InChI is InChI=1S/C12H13FO4/c1-16-9-4-3-8(13)11(17-2)10(9)6-5-7(6)12(14)15/h3-4,6-7H,5H2,1-2H3,(H,14,15)/t6-,7-/m1/s1. The van der Waals surface area contributed by atoms with Crippen molar-refractivity contribution >= 4 is 5.97 Å². The van der Waals surface area contributed by atoms with E-state index in [0.717, 1.165) is 0 Å². The maximum atomic E-state index is 13.6. The molecule has 1 aromatic carbocycles. The smallest absolute Gasteiger partial charge is 0.307 e. The molecule has 1 saturated carbocycles. The van der Waals surface area contributed by atoms with Gasteiger partial charge in [-0.3, -0.25) is 4.79 Å². The summed E-state index contributed by atoms with van der Waals surface area (Å²) >= 11 is 0. The van der Waals surface area contributed by atoms with E-state index in [1.807, 2.05) is 0 Å². The molecule has 0 unspecified atom stereocenters. The van der Waals surface area contributed by atoms with E-state index in [-0.39, 0.29) is 11.7 Å².